The number of hydrogen-bond acceptors (Lipinski definition) is 2. The monoisotopic (exact) mass is 237 g/mol. The van der Waals surface area contributed by atoms with Crippen LogP contribution in [0.15, 0.2) is 35.3 Å². The molecule has 2 rings (SSSR count). The minimum atomic E-state index is -0.0810. The zero-order valence-corrected chi connectivity index (χ0v) is 9.37. The molecule has 1 aromatic carbocycles. The maximum absolute atomic E-state index is 11.7. The SMILES string of the molecule is NCc1c[nH]n(Cc2cccc(Cl)c2)c1=O. The van der Waals surface area contributed by atoms with Gasteiger partial charge < -0.3 is 10.8 Å². The molecule has 16 heavy (non-hydrogen) atoms. The topological polar surface area (TPSA) is 63.8 Å². The standard InChI is InChI=1S/C11H12ClN3O/c12-10-3-1-2-8(4-10)7-15-11(16)9(5-13)6-14-15/h1-4,6,14H,5,7,13H2. The zero-order chi connectivity index (χ0) is 11.5. The Morgan fingerprint density at radius 2 is 2.25 bits per heavy atom. The van der Waals surface area contributed by atoms with Crippen LogP contribution in [0.3, 0.4) is 0 Å². The van der Waals surface area contributed by atoms with Crippen molar-refractivity contribution in [1.82, 2.24) is 9.78 Å². The fourth-order valence-corrected chi connectivity index (χ4v) is 1.74. The minimum absolute atomic E-state index is 0.0810. The van der Waals surface area contributed by atoms with Gasteiger partial charge in [-0.2, -0.15) is 0 Å². The number of benzene rings is 1. The van der Waals surface area contributed by atoms with Gasteiger partial charge in [-0.15, -0.1) is 0 Å². The Labute approximate surface area is 97.6 Å². The molecule has 0 aliphatic heterocycles. The van der Waals surface area contributed by atoms with Gasteiger partial charge in [-0.3, -0.25) is 4.79 Å². The van der Waals surface area contributed by atoms with Crippen LogP contribution < -0.4 is 11.3 Å². The molecule has 3 N–H and O–H groups in total. The summed E-state index contributed by atoms with van der Waals surface area (Å²) in [6.45, 7) is 0.720. The van der Waals surface area contributed by atoms with E-state index in [-0.39, 0.29) is 12.1 Å². The second-order valence-electron chi connectivity index (χ2n) is 3.52. The van der Waals surface area contributed by atoms with Gasteiger partial charge in [0.1, 0.15) is 0 Å². The predicted octanol–water partition coefficient (Wildman–Crippen LogP) is 1.34. The lowest BCUT2D eigenvalue weighted by atomic mass is 10.2. The lowest BCUT2D eigenvalue weighted by molar-refractivity contribution is 0.662. The van der Waals surface area contributed by atoms with E-state index in [9.17, 15) is 4.79 Å². The second kappa shape index (κ2) is 4.55. The number of aromatic amines is 1. The molecule has 0 aliphatic rings. The summed E-state index contributed by atoms with van der Waals surface area (Å²) in [6.07, 6.45) is 1.63. The smallest absolute Gasteiger partial charge is 0.271 e. The van der Waals surface area contributed by atoms with Gasteiger partial charge in [-0.05, 0) is 17.7 Å². The highest BCUT2D eigenvalue weighted by molar-refractivity contribution is 6.30. The Kier molecular flexibility index (Phi) is 3.12. The van der Waals surface area contributed by atoms with E-state index in [1.54, 1.807) is 12.3 Å². The third-order valence-corrected chi connectivity index (χ3v) is 2.60. The first-order valence-electron chi connectivity index (χ1n) is 4.92. The lowest BCUT2D eigenvalue weighted by Crippen LogP contribution is -2.21. The van der Waals surface area contributed by atoms with Crippen molar-refractivity contribution >= 4 is 11.6 Å². The number of nitrogens with zero attached hydrogens (tertiary/aromatic N) is 1. The highest BCUT2D eigenvalue weighted by Gasteiger charge is 2.04. The molecule has 0 saturated heterocycles. The van der Waals surface area contributed by atoms with E-state index < -0.39 is 0 Å². The summed E-state index contributed by atoms with van der Waals surface area (Å²) in [5.41, 5.74) is 6.90. The lowest BCUT2D eigenvalue weighted by Gasteiger charge is -2.02. The van der Waals surface area contributed by atoms with Gasteiger partial charge in [0.05, 0.1) is 6.54 Å². The summed E-state index contributed by atoms with van der Waals surface area (Å²) < 4.78 is 1.51. The van der Waals surface area contributed by atoms with Crippen molar-refractivity contribution in [3.63, 3.8) is 0 Å². The molecule has 0 amide bonds. The summed E-state index contributed by atoms with van der Waals surface area (Å²) in [5, 5.41) is 3.54. The van der Waals surface area contributed by atoms with Gasteiger partial charge in [-0.25, -0.2) is 4.68 Å². The Hall–Kier alpha value is -1.52. The maximum atomic E-state index is 11.7. The van der Waals surface area contributed by atoms with Crippen molar-refractivity contribution in [1.29, 1.82) is 0 Å². The van der Waals surface area contributed by atoms with E-state index in [0.29, 0.717) is 17.1 Å². The normalized spacial score (nSPS) is 10.6. The fraction of sp³-hybridized carbons (Fsp3) is 0.182. The van der Waals surface area contributed by atoms with Crippen molar-refractivity contribution in [2.45, 2.75) is 13.1 Å². The first kappa shape index (κ1) is 11.0. The Morgan fingerprint density at radius 3 is 2.88 bits per heavy atom. The van der Waals surface area contributed by atoms with Gasteiger partial charge >= 0.3 is 0 Å². The maximum Gasteiger partial charge on any atom is 0.271 e. The number of aromatic nitrogens is 2. The Morgan fingerprint density at radius 1 is 1.44 bits per heavy atom. The summed E-state index contributed by atoms with van der Waals surface area (Å²) in [5.74, 6) is 0. The quantitative estimate of drug-likeness (QED) is 0.846. The van der Waals surface area contributed by atoms with E-state index in [1.165, 1.54) is 4.68 Å². The van der Waals surface area contributed by atoms with E-state index in [0.717, 1.165) is 5.56 Å². The largest absolute Gasteiger partial charge is 0.326 e. The molecular formula is C11H12ClN3O. The molecule has 0 bridgehead atoms. The number of H-pyrrole nitrogens is 1. The van der Waals surface area contributed by atoms with Crippen LogP contribution in [0.25, 0.3) is 0 Å². The number of nitrogens with one attached hydrogen (secondary N) is 1. The average molecular weight is 238 g/mol. The van der Waals surface area contributed by atoms with Crippen LogP contribution in [0.1, 0.15) is 11.1 Å². The van der Waals surface area contributed by atoms with Crippen molar-refractivity contribution in [3.8, 4) is 0 Å². The Balaban J connectivity index is 2.27. The molecule has 0 radical (unpaired) electrons. The molecule has 2 aromatic rings. The van der Waals surface area contributed by atoms with E-state index in [1.807, 2.05) is 18.2 Å². The number of rotatable bonds is 3. The van der Waals surface area contributed by atoms with Gasteiger partial charge in [0.2, 0.25) is 0 Å². The molecule has 0 aliphatic carbocycles. The van der Waals surface area contributed by atoms with Crippen LogP contribution in [0.5, 0.6) is 0 Å². The zero-order valence-electron chi connectivity index (χ0n) is 8.61. The van der Waals surface area contributed by atoms with Crippen molar-refractivity contribution < 1.29 is 0 Å². The predicted molar refractivity (Wildman–Crippen MR) is 63.5 cm³/mol. The van der Waals surface area contributed by atoms with E-state index in [4.69, 9.17) is 17.3 Å². The summed E-state index contributed by atoms with van der Waals surface area (Å²) in [6, 6.07) is 7.40. The highest BCUT2D eigenvalue weighted by Crippen LogP contribution is 2.10. The fourth-order valence-electron chi connectivity index (χ4n) is 1.53. The molecule has 0 saturated carbocycles. The molecule has 4 nitrogen and oxygen atoms in total. The third kappa shape index (κ3) is 2.18. The van der Waals surface area contributed by atoms with Crippen LogP contribution >= 0.6 is 11.6 Å². The van der Waals surface area contributed by atoms with E-state index in [2.05, 4.69) is 5.10 Å². The van der Waals surface area contributed by atoms with Crippen molar-refractivity contribution in [2.75, 3.05) is 0 Å². The molecule has 0 spiro atoms. The van der Waals surface area contributed by atoms with Crippen LogP contribution in [0.2, 0.25) is 5.02 Å². The molecule has 1 heterocycles. The first-order chi connectivity index (χ1) is 7.70. The van der Waals surface area contributed by atoms with Crippen LogP contribution in [0.4, 0.5) is 0 Å². The molecule has 5 heteroatoms. The van der Waals surface area contributed by atoms with Gasteiger partial charge in [0.25, 0.3) is 5.56 Å². The molecule has 0 fully saturated rings. The van der Waals surface area contributed by atoms with Crippen molar-refractivity contribution in [2.24, 2.45) is 5.73 Å². The van der Waals surface area contributed by atoms with Crippen molar-refractivity contribution in [3.05, 3.63) is 57.0 Å². The minimum Gasteiger partial charge on any atom is -0.326 e. The first-order valence-corrected chi connectivity index (χ1v) is 5.30. The molecular weight excluding hydrogens is 226 g/mol. The molecule has 84 valence electrons. The van der Waals surface area contributed by atoms with Gasteiger partial charge in [-0.1, -0.05) is 23.7 Å². The van der Waals surface area contributed by atoms with Gasteiger partial charge in [0, 0.05) is 23.3 Å². The van der Waals surface area contributed by atoms with Crippen LogP contribution in [0, 0.1) is 0 Å². The number of nitrogens with two attached hydrogens (primary N) is 1. The number of halogens is 1. The van der Waals surface area contributed by atoms with Gasteiger partial charge in [0.15, 0.2) is 0 Å². The second-order valence-corrected chi connectivity index (χ2v) is 3.96. The summed E-state index contributed by atoms with van der Waals surface area (Å²) >= 11 is 5.87. The average Bonchev–Trinajstić information content (AvgIpc) is 2.60. The van der Waals surface area contributed by atoms with Crippen LogP contribution in [-0.4, -0.2) is 9.78 Å². The summed E-state index contributed by atoms with van der Waals surface area (Å²) in [4.78, 5) is 11.7. The van der Waals surface area contributed by atoms with Crippen LogP contribution in [-0.2, 0) is 13.1 Å². The Bertz CT molecular complexity index is 544. The highest BCUT2D eigenvalue weighted by atomic mass is 35.5. The molecule has 0 unspecified atom stereocenters. The molecule has 0 atom stereocenters. The third-order valence-electron chi connectivity index (χ3n) is 2.36. The molecule has 1 aromatic heterocycles. The summed E-state index contributed by atoms with van der Waals surface area (Å²) in [7, 11) is 0. The van der Waals surface area contributed by atoms with E-state index >= 15 is 0 Å². The number of hydrogen-bond donors (Lipinski definition) is 2.